The Kier molecular flexibility index (Phi) is 2.92. The van der Waals surface area contributed by atoms with Gasteiger partial charge >= 0.3 is 0 Å². The molecule has 1 aromatic rings. The summed E-state index contributed by atoms with van der Waals surface area (Å²) in [6, 6.07) is 1.60. The number of nitrogens with zero attached hydrogens (tertiary/aromatic N) is 3. The summed E-state index contributed by atoms with van der Waals surface area (Å²) >= 11 is 0. The molecule has 94 valence electrons. The monoisotopic (exact) mass is 234 g/mol. The molecule has 2 aliphatic rings. The fourth-order valence-electron chi connectivity index (χ4n) is 2.88. The minimum absolute atomic E-state index is 0.132. The lowest BCUT2D eigenvalue weighted by atomic mass is 10.1. The number of rotatable bonds is 4. The molecule has 1 saturated carbocycles. The number of hydrogen-bond donors (Lipinski definition) is 1. The zero-order valence-corrected chi connectivity index (χ0v) is 10.5. The minimum Gasteiger partial charge on any atom is -0.329 e. The van der Waals surface area contributed by atoms with Gasteiger partial charge in [-0.3, -0.25) is 4.90 Å². The van der Waals surface area contributed by atoms with E-state index in [0.717, 1.165) is 12.5 Å². The number of hydrogen-bond acceptors (Lipinski definition) is 3. The van der Waals surface area contributed by atoms with Gasteiger partial charge in [0.2, 0.25) is 0 Å². The summed E-state index contributed by atoms with van der Waals surface area (Å²) in [5.74, 6) is 0. The fraction of sp³-hybridized carbons (Fsp3) is 0.769. The van der Waals surface area contributed by atoms with Crippen LogP contribution in [0.4, 0.5) is 0 Å². The van der Waals surface area contributed by atoms with Gasteiger partial charge in [0.05, 0.1) is 12.0 Å². The van der Waals surface area contributed by atoms with Gasteiger partial charge in [-0.05, 0) is 25.7 Å². The van der Waals surface area contributed by atoms with Crippen LogP contribution in [0.5, 0.6) is 0 Å². The van der Waals surface area contributed by atoms with Crippen molar-refractivity contribution in [1.29, 1.82) is 0 Å². The summed E-state index contributed by atoms with van der Waals surface area (Å²) < 4.78 is 2.32. The molecule has 4 heteroatoms. The van der Waals surface area contributed by atoms with E-state index in [0.29, 0.717) is 6.04 Å². The van der Waals surface area contributed by atoms with Crippen LogP contribution in [0, 0.1) is 0 Å². The Morgan fingerprint density at radius 1 is 1.41 bits per heavy atom. The van der Waals surface area contributed by atoms with Crippen LogP contribution in [0.15, 0.2) is 12.5 Å². The van der Waals surface area contributed by atoms with Gasteiger partial charge in [0.25, 0.3) is 0 Å². The van der Waals surface area contributed by atoms with Crippen molar-refractivity contribution in [3.8, 4) is 0 Å². The smallest absolute Gasteiger partial charge is 0.0951 e. The highest BCUT2D eigenvalue weighted by atomic mass is 15.2. The second-order valence-electron chi connectivity index (χ2n) is 5.41. The van der Waals surface area contributed by atoms with Gasteiger partial charge in [-0.25, -0.2) is 4.98 Å². The van der Waals surface area contributed by atoms with Crippen LogP contribution in [0.2, 0.25) is 0 Å². The van der Waals surface area contributed by atoms with E-state index in [1.165, 1.54) is 38.0 Å². The molecule has 17 heavy (non-hydrogen) atoms. The first-order valence-corrected chi connectivity index (χ1v) is 6.81. The van der Waals surface area contributed by atoms with Crippen molar-refractivity contribution in [3.63, 3.8) is 0 Å². The lowest BCUT2D eigenvalue weighted by Gasteiger charge is -2.19. The largest absolute Gasteiger partial charge is 0.329 e. The molecule has 4 nitrogen and oxygen atoms in total. The standard InChI is InChI=1S/C13H22N4/c1-2-12(14)13-7-15-9-17(13)11-5-6-16(8-11)10-3-4-10/h7,9-12H,2-6,8,14H2,1H3/t11?,12-/m1/s1. The summed E-state index contributed by atoms with van der Waals surface area (Å²) in [5, 5.41) is 0. The molecule has 2 heterocycles. The third-order valence-electron chi connectivity index (χ3n) is 4.17. The molecular weight excluding hydrogens is 212 g/mol. The second-order valence-corrected chi connectivity index (χ2v) is 5.41. The second kappa shape index (κ2) is 4.42. The van der Waals surface area contributed by atoms with Gasteiger partial charge in [0.15, 0.2) is 0 Å². The molecule has 1 unspecified atom stereocenters. The van der Waals surface area contributed by atoms with E-state index < -0.39 is 0 Å². The van der Waals surface area contributed by atoms with Crippen LogP contribution in [0.25, 0.3) is 0 Å². The maximum atomic E-state index is 6.14. The van der Waals surface area contributed by atoms with E-state index in [2.05, 4.69) is 21.4 Å². The van der Waals surface area contributed by atoms with Crippen LogP contribution in [0.1, 0.15) is 50.4 Å². The molecule has 2 fully saturated rings. The first kappa shape index (κ1) is 11.2. The summed E-state index contributed by atoms with van der Waals surface area (Å²) in [5.41, 5.74) is 7.34. The Morgan fingerprint density at radius 2 is 2.24 bits per heavy atom. The molecule has 1 aliphatic heterocycles. The van der Waals surface area contributed by atoms with Gasteiger partial charge in [0, 0.05) is 37.4 Å². The molecule has 2 N–H and O–H groups in total. The van der Waals surface area contributed by atoms with Gasteiger partial charge in [0.1, 0.15) is 0 Å². The van der Waals surface area contributed by atoms with Crippen molar-refractivity contribution in [1.82, 2.24) is 14.5 Å². The average molecular weight is 234 g/mol. The Morgan fingerprint density at radius 3 is 2.94 bits per heavy atom. The fourth-order valence-corrected chi connectivity index (χ4v) is 2.88. The summed E-state index contributed by atoms with van der Waals surface area (Å²) in [7, 11) is 0. The van der Waals surface area contributed by atoms with E-state index in [4.69, 9.17) is 5.73 Å². The maximum Gasteiger partial charge on any atom is 0.0951 e. The molecule has 1 saturated heterocycles. The number of imidazole rings is 1. The van der Waals surface area contributed by atoms with Crippen molar-refractivity contribution in [2.45, 2.75) is 50.7 Å². The predicted molar refractivity (Wildman–Crippen MR) is 67.7 cm³/mol. The SMILES string of the molecule is CC[C@@H](N)c1cncn1C1CCN(C2CC2)C1. The third kappa shape index (κ3) is 2.11. The third-order valence-corrected chi connectivity index (χ3v) is 4.17. The van der Waals surface area contributed by atoms with Crippen molar-refractivity contribution in [2.24, 2.45) is 5.73 Å². The van der Waals surface area contributed by atoms with E-state index in [-0.39, 0.29) is 6.04 Å². The highest BCUT2D eigenvalue weighted by Gasteiger charge is 2.35. The zero-order valence-electron chi connectivity index (χ0n) is 10.5. The summed E-state index contributed by atoms with van der Waals surface area (Å²) in [4.78, 5) is 6.92. The summed E-state index contributed by atoms with van der Waals surface area (Å²) in [6.45, 7) is 4.56. The molecule has 1 aliphatic carbocycles. The maximum absolute atomic E-state index is 6.14. The van der Waals surface area contributed by atoms with Crippen molar-refractivity contribution in [2.75, 3.05) is 13.1 Å². The Balaban J connectivity index is 1.73. The van der Waals surface area contributed by atoms with Crippen LogP contribution < -0.4 is 5.73 Å². The van der Waals surface area contributed by atoms with Crippen LogP contribution in [-0.4, -0.2) is 33.6 Å². The molecule has 0 amide bonds. The lowest BCUT2D eigenvalue weighted by molar-refractivity contribution is 0.312. The number of nitrogens with two attached hydrogens (primary N) is 1. The van der Waals surface area contributed by atoms with Gasteiger partial charge < -0.3 is 10.3 Å². The lowest BCUT2D eigenvalue weighted by Crippen LogP contribution is -2.24. The first-order valence-electron chi connectivity index (χ1n) is 6.81. The average Bonchev–Trinajstić information content (AvgIpc) is 2.91. The molecular formula is C13H22N4. The van der Waals surface area contributed by atoms with E-state index in [1.807, 2.05) is 12.5 Å². The highest BCUT2D eigenvalue weighted by molar-refractivity contribution is 5.07. The van der Waals surface area contributed by atoms with E-state index >= 15 is 0 Å². The van der Waals surface area contributed by atoms with Crippen LogP contribution in [-0.2, 0) is 0 Å². The van der Waals surface area contributed by atoms with E-state index in [1.54, 1.807) is 0 Å². The normalized spacial score (nSPS) is 27.5. The minimum atomic E-state index is 0.132. The van der Waals surface area contributed by atoms with Crippen LogP contribution in [0.3, 0.4) is 0 Å². The molecule has 1 aromatic heterocycles. The Labute approximate surface area is 103 Å². The molecule has 0 radical (unpaired) electrons. The molecule has 0 aromatic carbocycles. The van der Waals surface area contributed by atoms with Gasteiger partial charge in [-0.1, -0.05) is 6.92 Å². The quantitative estimate of drug-likeness (QED) is 0.862. The number of likely N-dealkylation sites (tertiary alicyclic amines) is 1. The first-order chi connectivity index (χ1) is 8.29. The molecule has 3 rings (SSSR count). The molecule has 2 atom stereocenters. The molecule has 0 spiro atoms. The zero-order chi connectivity index (χ0) is 11.8. The predicted octanol–water partition coefficient (Wildman–Crippen LogP) is 1.70. The van der Waals surface area contributed by atoms with Gasteiger partial charge in [-0.2, -0.15) is 0 Å². The number of aromatic nitrogens is 2. The van der Waals surface area contributed by atoms with Crippen molar-refractivity contribution in [3.05, 3.63) is 18.2 Å². The summed E-state index contributed by atoms with van der Waals surface area (Å²) in [6.07, 6.45) is 8.93. The van der Waals surface area contributed by atoms with Crippen LogP contribution >= 0.6 is 0 Å². The Hall–Kier alpha value is -0.870. The van der Waals surface area contributed by atoms with Crippen molar-refractivity contribution < 1.29 is 0 Å². The van der Waals surface area contributed by atoms with E-state index in [9.17, 15) is 0 Å². The molecule has 0 bridgehead atoms. The highest BCUT2D eigenvalue weighted by Crippen LogP contribution is 2.34. The van der Waals surface area contributed by atoms with Crippen molar-refractivity contribution >= 4 is 0 Å². The Bertz CT molecular complexity index is 383. The topological polar surface area (TPSA) is 47.1 Å². The van der Waals surface area contributed by atoms with Gasteiger partial charge in [-0.15, -0.1) is 0 Å².